The largest absolute Gasteiger partial charge is 0.497 e. The highest BCUT2D eigenvalue weighted by Gasteiger charge is 2.30. The van der Waals surface area contributed by atoms with E-state index >= 15 is 0 Å². The van der Waals surface area contributed by atoms with Gasteiger partial charge >= 0.3 is 0 Å². The van der Waals surface area contributed by atoms with Crippen LogP contribution < -0.4 is 9.64 Å². The standard InChI is InChI=1S/C21H23N3O3S/c1-16-5-10-20(19-4-3-11-22-21(16)19)28(25,26)24-14-12-23(13-15-24)17-6-8-18(27-2)9-7-17/h3-11H,12-15H2,1-2H3. The number of aryl methyl sites for hydroxylation is 1. The molecule has 0 aliphatic carbocycles. The van der Waals surface area contributed by atoms with Crippen molar-refractivity contribution >= 4 is 26.6 Å². The van der Waals surface area contributed by atoms with Crippen LogP contribution in [0.2, 0.25) is 0 Å². The highest BCUT2D eigenvalue weighted by atomic mass is 32.2. The minimum atomic E-state index is -3.58. The number of fused-ring (bicyclic) bond motifs is 1. The van der Waals surface area contributed by atoms with Crippen molar-refractivity contribution < 1.29 is 13.2 Å². The van der Waals surface area contributed by atoms with Crippen molar-refractivity contribution in [3.05, 3.63) is 60.3 Å². The van der Waals surface area contributed by atoms with Gasteiger partial charge in [-0.05, 0) is 55.0 Å². The monoisotopic (exact) mass is 397 g/mol. The molecular formula is C21H23N3O3S. The summed E-state index contributed by atoms with van der Waals surface area (Å²) in [5.74, 6) is 0.810. The fraction of sp³-hybridized carbons (Fsp3) is 0.286. The van der Waals surface area contributed by atoms with Gasteiger partial charge in [-0.2, -0.15) is 4.31 Å². The lowest BCUT2D eigenvalue weighted by Gasteiger charge is -2.35. The summed E-state index contributed by atoms with van der Waals surface area (Å²) in [5, 5.41) is 0.681. The Balaban J connectivity index is 1.56. The van der Waals surface area contributed by atoms with E-state index in [4.69, 9.17) is 4.74 Å². The van der Waals surface area contributed by atoms with Crippen LogP contribution in [-0.4, -0.2) is 51.0 Å². The fourth-order valence-corrected chi connectivity index (χ4v) is 5.24. The number of nitrogens with zero attached hydrogens (tertiary/aromatic N) is 3. The molecule has 0 spiro atoms. The van der Waals surface area contributed by atoms with Crippen molar-refractivity contribution in [1.82, 2.24) is 9.29 Å². The second kappa shape index (κ2) is 7.41. The Kier molecular flexibility index (Phi) is 4.95. The molecule has 0 atom stereocenters. The van der Waals surface area contributed by atoms with Crippen LogP contribution in [0.5, 0.6) is 5.75 Å². The van der Waals surface area contributed by atoms with Gasteiger partial charge in [-0.1, -0.05) is 6.07 Å². The molecule has 0 amide bonds. The molecule has 1 saturated heterocycles. The van der Waals surface area contributed by atoms with Gasteiger partial charge in [0.15, 0.2) is 0 Å². The second-order valence-corrected chi connectivity index (χ2v) is 8.78. The van der Waals surface area contributed by atoms with Gasteiger partial charge < -0.3 is 9.64 Å². The van der Waals surface area contributed by atoms with E-state index in [-0.39, 0.29) is 0 Å². The summed E-state index contributed by atoms with van der Waals surface area (Å²) in [5.41, 5.74) is 2.78. The molecule has 0 radical (unpaired) electrons. The van der Waals surface area contributed by atoms with Gasteiger partial charge in [-0.3, -0.25) is 4.98 Å². The number of ether oxygens (including phenoxy) is 1. The molecule has 1 fully saturated rings. The highest BCUT2D eigenvalue weighted by Crippen LogP contribution is 2.28. The number of piperazine rings is 1. The van der Waals surface area contributed by atoms with Crippen molar-refractivity contribution in [2.45, 2.75) is 11.8 Å². The summed E-state index contributed by atoms with van der Waals surface area (Å²) in [6.45, 7) is 4.13. The molecule has 0 unspecified atom stereocenters. The number of benzene rings is 2. The summed E-state index contributed by atoms with van der Waals surface area (Å²) in [6.07, 6.45) is 1.69. The smallest absolute Gasteiger partial charge is 0.243 e. The maximum Gasteiger partial charge on any atom is 0.243 e. The Morgan fingerprint density at radius 3 is 2.36 bits per heavy atom. The van der Waals surface area contributed by atoms with Crippen LogP contribution in [0.3, 0.4) is 0 Å². The summed E-state index contributed by atoms with van der Waals surface area (Å²) < 4.78 is 33.4. The topological polar surface area (TPSA) is 62.7 Å². The molecule has 2 heterocycles. The summed E-state index contributed by atoms with van der Waals surface area (Å²) in [6, 6.07) is 15.0. The molecule has 1 aliphatic heterocycles. The number of rotatable bonds is 4. The van der Waals surface area contributed by atoms with Gasteiger partial charge in [0.25, 0.3) is 0 Å². The molecular weight excluding hydrogens is 374 g/mol. The van der Waals surface area contributed by atoms with E-state index in [0.29, 0.717) is 36.5 Å². The van der Waals surface area contributed by atoms with Crippen molar-refractivity contribution in [1.29, 1.82) is 0 Å². The van der Waals surface area contributed by atoms with E-state index in [9.17, 15) is 8.42 Å². The first-order valence-corrected chi connectivity index (χ1v) is 10.7. The fourth-order valence-electron chi connectivity index (χ4n) is 3.63. The first-order valence-electron chi connectivity index (χ1n) is 9.24. The zero-order valence-corrected chi connectivity index (χ0v) is 16.8. The Morgan fingerprint density at radius 1 is 0.964 bits per heavy atom. The number of pyridine rings is 1. The maximum absolute atomic E-state index is 13.3. The Morgan fingerprint density at radius 2 is 1.68 bits per heavy atom. The molecule has 28 heavy (non-hydrogen) atoms. The third-order valence-electron chi connectivity index (χ3n) is 5.23. The molecule has 7 heteroatoms. The lowest BCUT2D eigenvalue weighted by atomic mass is 10.1. The predicted molar refractivity (Wildman–Crippen MR) is 110 cm³/mol. The SMILES string of the molecule is COc1ccc(N2CCN(S(=O)(=O)c3ccc(C)c4ncccc34)CC2)cc1. The van der Waals surface area contributed by atoms with E-state index in [1.807, 2.05) is 43.3 Å². The van der Waals surface area contributed by atoms with Gasteiger partial charge in [0.05, 0.1) is 17.5 Å². The summed E-state index contributed by atoms with van der Waals surface area (Å²) >= 11 is 0. The lowest BCUT2D eigenvalue weighted by Crippen LogP contribution is -2.48. The van der Waals surface area contributed by atoms with Gasteiger partial charge in [0, 0.05) is 43.4 Å². The third-order valence-corrected chi connectivity index (χ3v) is 7.18. The Labute approximate surface area is 165 Å². The van der Waals surface area contributed by atoms with E-state index in [1.54, 1.807) is 29.7 Å². The number of hydrogen-bond donors (Lipinski definition) is 0. The van der Waals surface area contributed by atoms with Crippen LogP contribution in [0.15, 0.2) is 59.6 Å². The Hall–Kier alpha value is -2.64. The van der Waals surface area contributed by atoms with Crippen molar-refractivity contribution in [3.8, 4) is 5.75 Å². The Bertz CT molecular complexity index is 1090. The van der Waals surface area contributed by atoms with E-state index in [1.165, 1.54) is 0 Å². The number of anilines is 1. The quantitative estimate of drug-likeness (QED) is 0.677. The highest BCUT2D eigenvalue weighted by molar-refractivity contribution is 7.89. The van der Waals surface area contributed by atoms with E-state index < -0.39 is 10.0 Å². The van der Waals surface area contributed by atoms with Crippen LogP contribution in [0.25, 0.3) is 10.9 Å². The number of aromatic nitrogens is 1. The minimum Gasteiger partial charge on any atom is -0.497 e. The number of sulfonamides is 1. The average Bonchev–Trinajstić information content (AvgIpc) is 2.74. The minimum absolute atomic E-state index is 0.332. The first-order chi connectivity index (χ1) is 13.5. The van der Waals surface area contributed by atoms with Crippen LogP contribution in [0, 0.1) is 6.92 Å². The molecule has 1 aromatic heterocycles. The van der Waals surface area contributed by atoms with Crippen LogP contribution in [-0.2, 0) is 10.0 Å². The van der Waals surface area contributed by atoms with E-state index in [0.717, 1.165) is 22.5 Å². The summed E-state index contributed by atoms with van der Waals surface area (Å²) in [4.78, 5) is 6.89. The molecule has 3 aromatic rings. The van der Waals surface area contributed by atoms with Gasteiger partial charge in [0.1, 0.15) is 5.75 Å². The maximum atomic E-state index is 13.3. The van der Waals surface area contributed by atoms with Gasteiger partial charge in [0.2, 0.25) is 10.0 Å². The molecule has 6 nitrogen and oxygen atoms in total. The first kappa shape index (κ1) is 18.7. The van der Waals surface area contributed by atoms with Gasteiger partial charge in [-0.25, -0.2) is 8.42 Å². The van der Waals surface area contributed by atoms with E-state index in [2.05, 4.69) is 9.88 Å². The second-order valence-electron chi connectivity index (χ2n) is 6.87. The summed E-state index contributed by atoms with van der Waals surface area (Å²) in [7, 11) is -1.93. The van der Waals surface area contributed by atoms with Crippen molar-refractivity contribution in [2.24, 2.45) is 0 Å². The molecule has 146 valence electrons. The molecule has 4 rings (SSSR count). The van der Waals surface area contributed by atoms with Crippen molar-refractivity contribution in [2.75, 3.05) is 38.2 Å². The normalized spacial score (nSPS) is 15.7. The predicted octanol–water partition coefficient (Wildman–Crippen LogP) is 3.06. The molecule has 0 bridgehead atoms. The molecule has 0 saturated carbocycles. The number of hydrogen-bond acceptors (Lipinski definition) is 5. The van der Waals surface area contributed by atoms with Crippen LogP contribution >= 0.6 is 0 Å². The number of methoxy groups -OCH3 is 1. The third kappa shape index (κ3) is 3.31. The average molecular weight is 398 g/mol. The van der Waals surface area contributed by atoms with Crippen LogP contribution in [0.4, 0.5) is 5.69 Å². The molecule has 2 aromatic carbocycles. The molecule has 0 N–H and O–H groups in total. The van der Waals surface area contributed by atoms with Gasteiger partial charge in [-0.15, -0.1) is 0 Å². The van der Waals surface area contributed by atoms with Crippen LogP contribution in [0.1, 0.15) is 5.56 Å². The lowest BCUT2D eigenvalue weighted by molar-refractivity contribution is 0.385. The molecule has 1 aliphatic rings. The zero-order valence-electron chi connectivity index (χ0n) is 16.0. The van der Waals surface area contributed by atoms with Crippen molar-refractivity contribution in [3.63, 3.8) is 0 Å². The zero-order chi connectivity index (χ0) is 19.7.